The smallest absolute Gasteiger partial charge is 0.359 e. The van der Waals surface area contributed by atoms with E-state index in [1.165, 1.54) is 0 Å². The minimum absolute atomic E-state index is 0.00511. The van der Waals surface area contributed by atoms with Gasteiger partial charge in [0.15, 0.2) is 0 Å². The summed E-state index contributed by atoms with van der Waals surface area (Å²) in [5.41, 5.74) is -0.888. The van der Waals surface area contributed by atoms with Crippen LogP contribution in [0.4, 0.5) is 5.69 Å². The van der Waals surface area contributed by atoms with Crippen LogP contribution in [-0.2, 0) is 4.79 Å². The second-order valence-corrected chi connectivity index (χ2v) is 4.84. The number of hydrogen-bond donors (Lipinski definition) is 2. The van der Waals surface area contributed by atoms with Crippen LogP contribution in [0.1, 0.15) is 13.3 Å². The molecule has 5 nitrogen and oxygen atoms in total. The standard InChI is InChI=1S/C11H11BrN2O3/c1-7-6-11(17,10(15)16)14(13-7)9-4-2-3-8(12)5-9/h2-5,17H,6H2,1H3,(H,15,16). The molecule has 1 aliphatic heterocycles. The molecule has 1 atom stereocenters. The summed E-state index contributed by atoms with van der Waals surface area (Å²) in [6, 6.07) is 6.97. The number of nitrogens with zero attached hydrogens (tertiary/aromatic N) is 2. The van der Waals surface area contributed by atoms with E-state index in [1.807, 2.05) is 6.07 Å². The third-order valence-corrected chi connectivity index (χ3v) is 3.01. The van der Waals surface area contributed by atoms with Gasteiger partial charge >= 0.3 is 5.97 Å². The van der Waals surface area contributed by atoms with Crippen molar-refractivity contribution in [2.75, 3.05) is 5.01 Å². The normalized spacial score (nSPS) is 23.7. The van der Waals surface area contributed by atoms with E-state index in [-0.39, 0.29) is 6.42 Å². The molecule has 1 unspecified atom stereocenters. The SMILES string of the molecule is CC1=NN(c2cccc(Br)c2)C(O)(C(=O)O)C1. The number of carboxylic acids is 1. The molecule has 2 N–H and O–H groups in total. The predicted octanol–water partition coefficient (Wildman–Crippen LogP) is 1.81. The Labute approximate surface area is 106 Å². The van der Waals surface area contributed by atoms with Crippen LogP contribution >= 0.6 is 15.9 Å². The van der Waals surface area contributed by atoms with Gasteiger partial charge in [-0.3, -0.25) is 0 Å². The molecule has 1 aromatic rings. The van der Waals surface area contributed by atoms with Gasteiger partial charge in [-0.2, -0.15) is 5.10 Å². The van der Waals surface area contributed by atoms with Gasteiger partial charge in [-0.25, -0.2) is 9.80 Å². The Balaban J connectivity index is 2.46. The third kappa shape index (κ3) is 2.05. The van der Waals surface area contributed by atoms with Gasteiger partial charge in [-0.05, 0) is 25.1 Å². The second-order valence-electron chi connectivity index (χ2n) is 3.93. The highest BCUT2D eigenvalue weighted by Gasteiger charge is 2.47. The van der Waals surface area contributed by atoms with Gasteiger partial charge in [-0.15, -0.1) is 0 Å². The Bertz CT molecular complexity index is 503. The zero-order chi connectivity index (χ0) is 12.6. The molecule has 17 heavy (non-hydrogen) atoms. The zero-order valence-electron chi connectivity index (χ0n) is 9.09. The van der Waals surface area contributed by atoms with Crippen LogP contribution < -0.4 is 5.01 Å². The number of anilines is 1. The highest BCUT2D eigenvalue weighted by Crippen LogP contribution is 2.32. The Morgan fingerprint density at radius 1 is 1.59 bits per heavy atom. The first-order chi connectivity index (χ1) is 7.93. The predicted molar refractivity (Wildman–Crippen MR) is 66.9 cm³/mol. The molecule has 0 aromatic heterocycles. The van der Waals surface area contributed by atoms with Crippen molar-refractivity contribution in [2.45, 2.75) is 19.1 Å². The van der Waals surface area contributed by atoms with E-state index in [2.05, 4.69) is 21.0 Å². The van der Waals surface area contributed by atoms with Gasteiger partial charge in [0.2, 0.25) is 0 Å². The molecule has 6 heteroatoms. The molecule has 0 aliphatic carbocycles. The van der Waals surface area contributed by atoms with Crippen molar-refractivity contribution in [3.05, 3.63) is 28.7 Å². The molecule has 2 rings (SSSR count). The number of aliphatic carboxylic acids is 1. The molecule has 0 saturated heterocycles. The number of aliphatic hydroxyl groups is 1. The number of rotatable bonds is 2. The molecular formula is C11H11BrN2O3. The second kappa shape index (κ2) is 4.12. The van der Waals surface area contributed by atoms with Crippen LogP contribution in [0, 0.1) is 0 Å². The van der Waals surface area contributed by atoms with Crippen molar-refractivity contribution in [1.29, 1.82) is 0 Å². The first kappa shape index (κ1) is 12.1. The van der Waals surface area contributed by atoms with E-state index in [9.17, 15) is 9.90 Å². The van der Waals surface area contributed by atoms with Crippen LogP contribution in [0.15, 0.2) is 33.8 Å². The minimum Gasteiger partial charge on any atom is -0.478 e. The summed E-state index contributed by atoms with van der Waals surface area (Å²) >= 11 is 3.29. The number of carboxylic acid groups (broad SMARTS) is 1. The average molecular weight is 299 g/mol. The van der Waals surface area contributed by atoms with Crippen molar-refractivity contribution in [1.82, 2.24) is 0 Å². The fraction of sp³-hybridized carbons (Fsp3) is 0.273. The monoisotopic (exact) mass is 298 g/mol. The number of halogens is 1. The summed E-state index contributed by atoms with van der Waals surface area (Å²) < 4.78 is 0.794. The molecule has 1 aliphatic rings. The highest BCUT2D eigenvalue weighted by atomic mass is 79.9. The van der Waals surface area contributed by atoms with Crippen LogP contribution in [0.3, 0.4) is 0 Å². The number of hydrogen-bond acceptors (Lipinski definition) is 4. The Hall–Kier alpha value is -1.40. The summed E-state index contributed by atoms with van der Waals surface area (Å²) in [5, 5.41) is 24.5. The van der Waals surface area contributed by atoms with Crippen LogP contribution in [-0.4, -0.2) is 27.6 Å². The molecule has 0 amide bonds. The molecule has 0 bridgehead atoms. The fourth-order valence-corrected chi connectivity index (χ4v) is 2.15. The maximum atomic E-state index is 11.2. The average Bonchev–Trinajstić information content (AvgIpc) is 2.55. The van der Waals surface area contributed by atoms with Crippen LogP contribution in [0.25, 0.3) is 0 Å². The number of benzene rings is 1. The maximum absolute atomic E-state index is 11.2. The largest absolute Gasteiger partial charge is 0.478 e. The lowest BCUT2D eigenvalue weighted by Crippen LogP contribution is -2.50. The minimum atomic E-state index is -2.00. The number of carbonyl (C=O) groups is 1. The van der Waals surface area contributed by atoms with E-state index in [0.29, 0.717) is 11.4 Å². The van der Waals surface area contributed by atoms with Crippen molar-refractivity contribution in [2.24, 2.45) is 5.10 Å². The van der Waals surface area contributed by atoms with E-state index in [1.54, 1.807) is 25.1 Å². The Morgan fingerprint density at radius 3 is 2.88 bits per heavy atom. The fourth-order valence-electron chi connectivity index (χ4n) is 1.77. The van der Waals surface area contributed by atoms with Gasteiger partial charge in [0.1, 0.15) is 0 Å². The van der Waals surface area contributed by atoms with Crippen molar-refractivity contribution in [3.8, 4) is 0 Å². The highest BCUT2D eigenvalue weighted by molar-refractivity contribution is 9.10. The van der Waals surface area contributed by atoms with E-state index in [0.717, 1.165) is 9.48 Å². The van der Waals surface area contributed by atoms with E-state index >= 15 is 0 Å². The topological polar surface area (TPSA) is 73.1 Å². The lowest BCUT2D eigenvalue weighted by Gasteiger charge is -2.28. The van der Waals surface area contributed by atoms with Gasteiger partial charge in [-0.1, -0.05) is 22.0 Å². The first-order valence-electron chi connectivity index (χ1n) is 4.99. The molecule has 0 spiro atoms. The zero-order valence-corrected chi connectivity index (χ0v) is 10.7. The van der Waals surface area contributed by atoms with Gasteiger partial charge in [0.25, 0.3) is 5.72 Å². The summed E-state index contributed by atoms with van der Waals surface area (Å²) in [5.74, 6) is -1.31. The summed E-state index contributed by atoms with van der Waals surface area (Å²) in [6.07, 6.45) is -0.00511. The van der Waals surface area contributed by atoms with Crippen molar-refractivity contribution >= 4 is 33.3 Å². The van der Waals surface area contributed by atoms with Crippen LogP contribution in [0.5, 0.6) is 0 Å². The molecule has 90 valence electrons. The maximum Gasteiger partial charge on any atom is 0.359 e. The van der Waals surface area contributed by atoms with E-state index < -0.39 is 11.7 Å². The lowest BCUT2D eigenvalue weighted by molar-refractivity contribution is -0.157. The summed E-state index contributed by atoms with van der Waals surface area (Å²) in [7, 11) is 0. The Kier molecular flexibility index (Phi) is 2.92. The molecule has 1 aromatic carbocycles. The van der Waals surface area contributed by atoms with E-state index in [4.69, 9.17) is 5.11 Å². The summed E-state index contributed by atoms with van der Waals surface area (Å²) in [6.45, 7) is 1.69. The third-order valence-electron chi connectivity index (χ3n) is 2.52. The molecule has 0 saturated carbocycles. The molecular weight excluding hydrogens is 288 g/mol. The molecule has 0 radical (unpaired) electrons. The van der Waals surface area contributed by atoms with Gasteiger partial charge in [0, 0.05) is 16.6 Å². The van der Waals surface area contributed by atoms with Crippen molar-refractivity contribution < 1.29 is 15.0 Å². The number of hydrazone groups is 1. The van der Waals surface area contributed by atoms with Crippen LogP contribution in [0.2, 0.25) is 0 Å². The van der Waals surface area contributed by atoms with Gasteiger partial charge < -0.3 is 10.2 Å². The van der Waals surface area contributed by atoms with Gasteiger partial charge in [0.05, 0.1) is 5.69 Å². The Morgan fingerprint density at radius 2 is 2.29 bits per heavy atom. The molecule has 0 fully saturated rings. The quantitative estimate of drug-likeness (QED) is 0.873. The van der Waals surface area contributed by atoms with Crippen molar-refractivity contribution in [3.63, 3.8) is 0 Å². The lowest BCUT2D eigenvalue weighted by atomic mass is 10.1. The first-order valence-corrected chi connectivity index (χ1v) is 5.78. The molecule has 1 heterocycles. The summed E-state index contributed by atoms with van der Waals surface area (Å²) in [4.78, 5) is 11.2.